The number of amides is 1. The molecular formula is C21H24ClNO6. The van der Waals surface area contributed by atoms with Crippen LogP contribution in [0.25, 0.3) is 0 Å². The van der Waals surface area contributed by atoms with Crippen LogP contribution in [0, 0.1) is 0 Å². The smallest absolute Gasteiger partial charge is 0.339 e. The minimum absolute atomic E-state index is 0.247. The van der Waals surface area contributed by atoms with Crippen LogP contribution >= 0.6 is 11.6 Å². The zero-order chi connectivity index (χ0) is 21.4. The molecule has 29 heavy (non-hydrogen) atoms. The fourth-order valence-corrected chi connectivity index (χ4v) is 2.64. The second-order valence-electron chi connectivity index (χ2n) is 5.91. The quantitative estimate of drug-likeness (QED) is 0.607. The van der Waals surface area contributed by atoms with Gasteiger partial charge in [-0.25, -0.2) is 4.79 Å². The summed E-state index contributed by atoms with van der Waals surface area (Å²) in [5, 5.41) is 3.08. The van der Waals surface area contributed by atoms with Gasteiger partial charge < -0.3 is 24.3 Å². The van der Waals surface area contributed by atoms with Gasteiger partial charge in [0.15, 0.2) is 17.6 Å². The van der Waals surface area contributed by atoms with Crippen LogP contribution in [-0.4, -0.2) is 38.3 Å². The summed E-state index contributed by atoms with van der Waals surface area (Å²) < 4.78 is 21.5. The Hall–Kier alpha value is -2.93. The minimum Gasteiger partial charge on any atom is -0.495 e. The van der Waals surface area contributed by atoms with E-state index in [4.69, 9.17) is 30.5 Å². The van der Waals surface area contributed by atoms with Crippen molar-refractivity contribution < 1.29 is 28.5 Å². The fraction of sp³-hybridized carbons (Fsp3) is 0.333. The van der Waals surface area contributed by atoms with Crippen LogP contribution in [0.4, 0.5) is 5.69 Å². The molecule has 0 heterocycles. The third kappa shape index (κ3) is 6.02. The Bertz CT molecular complexity index is 870. The van der Waals surface area contributed by atoms with Gasteiger partial charge in [0.05, 0.1) is 31.6 Å². The lowest BCUT2D eigenvalue weighted by Gasteiger charge is -2.16. The maximum absolute atomic E-state index is 12.5. The van der Waals surface area contributed by atoms with E-state index in [1.807, 2.05) is 13.8 Å². The van der Waals surface area contributed by atoms with E-state index in [1.54, 1.807) is 30.3 Å². The number of rotatable bonds is 9. The van der Waals surface area contributed by atoms with Crippen molar-refractivity contribution >= 4 is 29.2 Å². The van der Waals surface area contributed by atoms with Crippen molar-refractivity contribution in [2.45, 2.75) is 26.9 Å². The predicted molar refractivity (Wildman–Crippen MR) is 110 cm³/mol. The van der Waals surface area contributed by atoms with E-state index in [1.165, 1.54) is 20.1 Å². The summed E-state index contributed by atoms with van der Waals surface area (Å²) in [4.78, 5) is 24.9. The Morgan fingerprint density at radius 3 is 2.31 bits per heavy atom. The van der Waals surface area contributed by atoms with Crippen LogP contribution in [0.5, 0.6) is 17.2 Å². The normalized spacial score (nSPS) is 11.3. The third-order valence-electron chi connectivity index (χ3n) is 3.85. The summed E-state index contributed by atoms with van der Waals surface area (Å²) in [6.45, 7) is 6.04. The molecule has 0 aliphatic rings. The molecule has 0 fully saturated rings. The number of benzene rings is 2. The zero-order valence-corrected chi connectivity index (χ0v) is 17.5. The molecule has 1 N–H and O–H groups in total. The number of esters is 1. The molecule has 0 saturated carbocycles. The number of hydrogen-bond donors (Lipinski definition) is 1. The summed E-state index contributed by atoms with van der Waals surface area (Å²) in [5.74, 6) is 0.230. The average molecular weight is 422 g/mol. The molecule has 0 aliphatic carbocycles. The van der Waals surface area contributed by atoms with Crippen molar-refractivity contribution in [1.82, 2.24) is 0 Å². The maximum atomic E-state index is 12.5. The SMILES string of the molecule is CCOc1ccc(C(=O)O[C@H](C)C(=O)Nc2cc(Cl)ccc2OC)cc1OCC. The van der Waals surface area contributed by atoms with Crippen molar-refractivity contribution in [1.29, 1.82) is 0 Å². The van der Waals surface area contributed by atoms with E-state index in [0.717, 1.165) is 0 Å². The summed E-state index contributed by atoms with van der Waals surface area (Å²) in [5.41, 5.74) is 0.629. The number of carbonyl (C=O) groups excluding carboxylic acids is 2. The molecule has 8 heteroatoms. The molecule has 0 saturated heterocycles. The van der Waals surface area contributed by atoms with Gasteiger partial charge in [-0.05, 0) is 57.2 Å². The van der Waals surface area contributed by atoms with Crippen LogP contribution in [0.2, 0.25) is 5.02 Å². The van der Waals surface area contributed by atoms with E-state index < -0.39 is 18.0 Å². The first-order valence-corrected chi connectivity index (χ1v) is 9.52. The standard InChI is InChI=1S/C21H24ClNO6/c1-5-27-18-9-7-14(11-19(18)28-6-2)21(25)29-13(3)20(24)23-16-12-15(22)8-10-17(16)26-4/h7-13H,5-6H2,1-4H3,(H,23,24)/t13-/m1/s1. The lowest BCUT2D eigenvalue weighted by Crippen LogP contribution is -2.30. The van der Waals surface area contributed by atoms with E-state index in [2.05, 4.69) is 5.32 Å². The molecule has 0 unspecified atom stereocenters. The molecule has 2 rings (SSSR count). The second-order valence-corrected chi connectivity index (χ2v) is 6.35. The van der Waals surface area contributed by atoms with Gasteiger partial charge in [0.1, 0.15) is 5.75 Å². The minimum atomic E-state index is -1.05. The van der Waals surface area contributed by atoms with Gasteiger partial charge in [-0.3, -0.25) is 4.79 Å². The number of anilines is 1. The Morgan fingerprint density at radius 1 is 1.00 bits per heavy atom. The number of hydrogen-bond acceptors (Lipinski definition) is 6. The van der Waals surface area contributed by atoms with Gasteiger partial charge in [0, 0.05) is 5.02 Å². The van der Waals surface area contributed by atoms with Gasteiger partial charge in [-0.2, -0.15) is 0 Å². The third-order valence-corrected chi connectivity index (χ3v) is 4.09. The summed E-state index contributed by atoms with van der Waals surface area (Å²) in [6.07, 6.45) is -1.05. The first-order chi connectivity index (χ1) is 13.9. The Labute approximate surface area is 174 Å². The monoisotopic (exact) mass is 421 g/mol. The molecule has 0 radical (unpaired) electrons. The largest absolute Gasteiger partial charge is 0.495 e. The Morgan fingerprint density at radius 2 is 1.66 bits per heavy atom. The lowest BCUT2D eigenvalue weighted by atomic mass is 10.2. The van der Waals surface area contributed by atoms with E-state index in [-0.39, 0.29) is 5.56 Å². The highest BCUT2D eigenvalue weighted by Gasteiger charge is 2.21. The van der Waals surface area contributed by atoms with Crippen LogP contribution in [0.15, 0.2) is 36.4 Å². The predicted octanol–water partition coefficient (Wildman–Crippen LogP) is 4.33. The van der Waals surface area contributed by atoms with Crippen LogP contribution < -0.4 is 19.5 Å². The van der Waals surface area contributed by atoms with Crippen molar-refractivity contribution in [3.8, 4) is 17.2 Å². The highest BCUT2D eigenvalue weighted by molar-refractivity contribution is 6.31. The molecule has 1 atom stereocenters. The zero-order valence-electron chi connectivity index (χ0n) is 16.8. The van der Waals surface area contributed by atoms with E-state index >= 15 is 0 Å². The van der Waals surface area contributed by atoms with Crippen LogP contribution in [0.1, 0.15) is 31.1 Å². The molecule has 156 valence electrons. The second kappa shape index (κ2) is 10.6. The number of nitrogens with one attached hydrogen (secondary N) is 1. The summed E-state index contributed by atoms with van der Waals surface area (Å²) >= 11 is 5.96. The Balaban J connectivity index is 2.09. The van der Waals surface area contributed by atoms with E-state index in [9.17, 15) is 9.59 Å². The summed E-state index contributed by atoms with van der Waals surface area (Å²) in [6, 6.07) is 9.54. The van der Waals surface area contributed by atoms with Gasteiger partial charge in [-0.1, -0.05) is 11.6 Å². The topological polar surface area (TPSA) is 83.1 Å². The molecule has 0 aromatic heterocycles. The molecule has 0 aliphatic heterocycles. The molecule has 2 aromatic carbocycles. The van der Waals surface area contributed by atoms with Gasteiger partial charge >= 0.3 is 5.97 Å². The van der Waals surface area contributed by atoms with Crippen LogP contribution in [-0.2, 0) is 9.53 Å². The van der Waals surface area contributed by atoms with Crippen molar-refractivity contribution in [3.63, 3.8) is 0 Å². The number of ether oxygens (including phenoxy) is 4. The highest BCUT2D eigenvalue weighted by atomic mass is 35.5. The van der Waals surface area contributed by atoms with Gasteiger partial charge in [0.25, 0.3) is 5.91 Å². The molecule has 2 aromatic rings. The summed E-state index contributed by atoms with van der Waals surface area (Å²) in [7, 11) is 1.48. The molecule has 0 bridgehead atoms. The van der Waals surface area contributed by atoms with E-state index in [0.29, 0.717) is 41.2 Å². The number of carbonyl (C=O) groups is 2. The highest BCUT2D eigenvalue weighted by Crippen LogP contribution is 2.30. The first-order valence-electron chi connectivity index (χ1n) is 9.14. The van der Waals surface area contributed by atoms with Gasteiger partial charge in [-0.15, -0.1) is 0 Å². The van der Waals surface area contributed by atoms with Crippen molar-refractivity contribution in [2.75, 3.05) is 25.6 Å². The fourth-order valence-electron chi connectivity index (χ4n) is 2.47. The van der Waals surface area contributed by atoms with Crippen molar-refractivity contribution in [2.24, 2.45) is 0 Å². The average Bonchev–Trinajstić information content (AvgIpc) is 2.69. The lowest BCUT2D eigenvalue weighted by molar-refractivity contribution is -0.123. The Kier molecular flexibility index (Phi) is 8.15. The number of methoxy groups -OCH3 is 1. The molecule has 0 spiro atoms. The number of halogens is 1. The molecule has 7 nitrogen and oxygen atoms in total. The van der Waals surface area contributed by atoms with Gasteiger partial charge in [0.2, 0.25) is 0 Å². The first kappa shape index (κ1) is 22.4. The maximum Gasteiger partial charge on any atom is 0.339 e. The van der Waals surface area contributed by atoms with Crippen LogP contribution in [0.3, 0.4) is 0 Å². The van der Waals surface area contributed by atoms with Crippen molar-refractivity contribution in [3.05, 3.63) is 47.0 Å². The molecular weight excluding hydrogens is 398 g/mol. The molecule has 1 amide bonds.